The van der Waals surface area contributed by atoms with Gasteiger partial charge in [-0.25, -0.2) is 9.99 Å². The SMILES string of the molecule is CNC1=C(/C=C/C(=O)[C@@H]2C=NN(c3ccc4nc(C)[nH]c4c3)C2N)CCC=C1. The summed E-state index contributed by atoms with van der Waals surface area (Å²) in [4.78, 5) is 20.3. The average molecular weight is 376 g/mol. The highest BCUT2D eigenvalue weighted by molar-refractivity contribution is 6.04. The van der Waals surface area contributed by atoms with Gasteiger partial charge < -0.3 is 16.0 Å². The average Bonchev–Trinajstić information content (AvgIpc) is 3.27. The zero-order valence-electron chi connectivity index (χ0n) is 16.0. The molecule has 1 aromatic carbocycles. The number of H-pyrrole nitrogens is 1. The van der Waals surface area contributed by atoms with Crippen molar-refractivity contribution in [3.8, 4) is 0 Å². The number of hydrazone groups is 1. The van der Waals surface area contributed by atoms with Crippen molar-refractivity contribution in [1.29, 1.82) is 0 Å². The lowest BCUT2D eigenvalue weighted by atomic mass is 9.98. The lowest BCUT2D eigenvalue weighted by Gasteiger charge is -2.23. The number of nitrogens with zero attached hydrogens (tertiary/aromatic N) is 3. The van der Waals surface area contributed by atoms with Crippen molar-refractivity contribution in [2.45, 2.75) is 25.9 Å². The molecule has 0 radical (unpaired) electrons. The van der Waals surface area contributed by atoms with Crippen LogP contribution in [0.4, 0.5) is 5.69 Å². The molecule has 0 saturated heterocycles. The molecule has 7 nitrogen and oxygen atoms in total. The van der Waals surface area contributed by atoms with Gasteiger partial charge in [0.15, 0.2) is 5.78 Å². The lowest BCUT2D eigenvalue weighted by Crippen LogP contribution is -2.43. The largest absolute Gasteiger partial charge is 0.388 e. The first kappa shape index (κ1) is 18.2. The van der Waals surface area contributed by atoms with Crippen LogP contribution in [0.15, 0.2) is 58.9 Å². The van der Waals surface area contributed by atoms with Gasteiger partial charge in [-0.3, -0.25) is 4.79 Å². The van der Waals surface area contributed by atoms with E-state index in [1.165, 1.54) is 0 Å². The molecule has 0 bridgehead atoms. The van der Waals surface area contributed by atoms with Crippen LogP contribution in [0.25, 0.3) is 11.0 Å². The Hall–Kier alpha value is -3.19. The first-order valence-corrected chi connectivity index (χ1v) is 9.41. The summed E-state index contributed by atoms with van der Waals surface area (Å²) < 4.78 is 0. The molecule has 2 atom stereocenters. The number of anilines is 1. The number of ketones is 1. The molecule has 7 heteroatoms. The van der Waals surface area contributed by atoms with Gasteiger partial charge in [0.05, 0.1) is 22.6 Å². The molecule has 0 spiro atoms. The Balaban J connectivity index is 1.50. The van der Waals surface area contributed by atoms with E-state index in [4.69, 9.17) is 5.73 Å². The Morgan fingerprint density at radius 3 is 3.11 bits per heavy atom. The van der Waals surface area contributed by atoms with Gasteiger partial charge in [0.2, 0.25) is 0 Å². The third-order valence-corrected chi connectivity index (χ3v) is 5.11. The van der Waals surface area contributed by atoms with E-state index in [0.717, 1.165) is 46.7 Å². The molecule has 1 unspecified atom stereocenters. The summed E-state index contributed by atoms with van der Waals surface area (Å²) in [6.07, 6.45) is 10.7. The van der Waals surface area contributed by atoms with Gasteiger partial charge in [-0.1, -0.05) is 12.2 Å². The molecular formula is C21H24N6O. The van der Waals surface area contributed by atoms with Gasteiger partial charge in [0, 0.05) is 19.0 Å². The summed E-state index contributed by atoms with van der Waals surface area (Å²) in [5, 5.41) is 9.24. The fraction of sp³-hybridized carbons (Fsp3) is 0.286. The second-order valence-corrected chi connectivity index (χ2v) is 7.01. The van der Waals surface area contributed by atoms with Crippen molar-refractivity contribution in [3.63, 3.8) is 0 Å². The quantitative estimate of drug-likeness (QED) is 0.697. The van der Waals surface area contributed by atoms with E-state index < -0.39 is 12.1 Å². The fourth-order valence-electron chi connectivity index (χ4n) is 3.60. The van der Waals surface area contributed by atoms with E-state index in [0.29, 0.717) is 0 Å². The maximum absolute atomic E-state index is 12.7. The topological polar surface area (TPSA) is 99.4 Å². The third-order valence-electron chi connectivity index (χ3n) is 5.11. The molecule has 4 N–H and O–H groups in total. The normalized spacial score (nSPS) is 22.0. The van der Waals surface area contributed by atoms with Crippen LogP contribution in [0.2, 0.25) is 0 Å². The molecule has 28 heavy (non-hydrogen) atoms. The number of hydrogen-bond acceptors (Lipinski definition) is 6. The number of benzene rings is 1. The number of aryl methyl sites for hydroxylation is 1. The van der Waals surface area contributed by atoms with E-state index in [1.54, 1.807) is 17.3 Å². The Morgan fingerprint density at radius 2 is 2.29 bits per heavy atom. The molecule has 0 amide bonds. The fourth-order valence-corrected chi connectivity index (χ4v) is 3.60. The smallest absolute Gasteiger partial charge is 0.167 e. The minimum Gasteiger partial charge on any atom is -0.388 e. The summed E-state index contributed by atoms with van der Waals surface area (Å²) >= 11 is 0. The molecular weight excluding hydrogens is 352 g/mol. The van der Waals surface area contributed by atoms with E-state index in [1.807, 2.05) is 44.3 Å². The molecule has 4 rings (SSSR count). The van der Waals surface area contributed by atoms with Crippen LogP contribution in [-0.4, -0.2) is 35.2 Å². The molecule has 0 saturated carbocycles. The van der Waals surface area contributed by atoms with Crippen LogP contribution < -0.4 is 16.1 Å². The first-order chi connectivity index (χ1) is 13.6. The van der Waals surface area contributed by atoms with Crippen molar-refractivity contribution in [1.82, 2.24) is 15.3 Å². The van der Waals surface area contributed by atoms with Crippen molar-refractivity contribution in [2.24, 2.45) is 16.8 Å². The second-order valence-electron chi connectivity index (χ2n) is 7.01. The van der Waals surface area contributed by atoms with Crippen LogP contribution in [-0.2, 0) is 4.79 Å². The Labute approximate surface area is 163 Å². The third kappa shape index (κ3) is 3.36. The predicted molar refractivity (Wildman–Crippen MR) is 112 cm³/mol. The number of carbonyl (C=O) groups excluding carboxylic acids is 1. The minimum absolute atomic E-state index is 0.0466. The standard InChI is InChI=1S/C21H24N6O/c1-13-25-18-9-8-15(11-19(18)26-13)27-21(22)16(12-24-27)20(28)10-7-14-5-3-4-6-17(14)23-2/h4,6-12,16,21,23H,3,5,22H2,1-2H3,(H,25,26)/b10-7+/t16-,21?/m0/s1. The molecule has 2 aliphatic rings. The highest BCUT2D eigenvalue weighted by Gasteiger charge is 2.33. The monoisotopic (exact) mass is 376 g/mol. The maximum Gasteiger partial charge on any atom is 0.167 e. The van der Waals surface area contributed by atoms with Gasteiger partial charge in [-0.2, -0.15) is 5.10 Å². The molecule has 1 aliphatic heterocycles. The zero-order chi connectivity index (χ0) is 19.7. The first-order valence-electron chi connectivity index (χ1n) is 9.41. The number of hydrogen-bond donors (Lipinski definition) is 3. The van der Waals surface area contributed by atoms with Crippen molar-refractivity contribution >= 4 is 28.7 Å². The summed E-state index contributed by atoms with van der Waals surface area (Å²) in [5.74, 6) is 0.329. The minimum atomic E-state index is -0.539. The van der Waals surface area contributed by atoms with Gasteiger partial charge in [0.1, 0.15) is 12.0 Å². The summed E-state index contributed by atoms with van der Waals surface area (Å²) in [7, 11) is 1.88. The number of aromatic amines is 1. The number of allylic oxidation sites excluding steroid dienone is 5. The number of aromatic nitrogens is 2. The van der Waals surface area contributed by atoms with E-state index in [9.17, 15) is 4.79 Å². The number of likely N-dealkylation sites (N-methyl/N-ethyl adjacent to an activating group) is 1. The number of fused-ring (bicyclic) bond motifs is 1. The van der Waals surface area contributed by atoms with Gasteiger partial charge in [-0.15, -0.1) is 0 Å². The van der Waals surface area contributed by atoms with Gasteiger partial charge >= 0.3 is 0 Å². The second kappa shape index (κ2) is 7.44. The summed E-state index contributed by atoms with van der Waals surface area (Å²) in [6.45, 7) is 1.91. The van der Waals surface area contributed by atoms with Crippen molar-refractivity contribution < 1.29 is 4.79 Å². The Bertz CT molecular complexity index is 1030. The number of rotatable bonds is 5. The van der Waals surface area contributed by atoms with E-state index in [2.05, 4.69) is 26.5 Å². The van der Waals surface area contributed by atoms with Crippen LogP contribution in [0.1, 0.15) is 18.7 Å². The van der Waals surface area contributed by atoms with E-state index in [-0.39, 0.29) is 5.78 Å². The predicted octanol–water partition coefficient (Wildman–Crippen LogP) is 2.53. The van der Waals surface area contributed by atoms with Crippen molar-refractivity contribution in [2.75, 3.05) is 12.1 Å². The molecule has 1 aliphatic carbocycles. The number of nitrogens with two attached hydrogens (primary N) is 1. The number of carbonyl (C=O) groups is 1. The highest BCUT2D eigenvalue weighted by atomic mass is 16.1. The summed E-state index contributed by atoms with van der Waals surface area (Å²) in [6, 6.07) is 5.79. The Morgan fingerprint density at radius 1 is 1.43 bits per heavy atom. The van der Waals surface area contributed by atoms with Crippen LogP contribution in [0.3, 0.4) is 0 Å². The molecule has 144 valence electrons. The zero-order valence-corrected chi connectivity index (χ0v) is 16.0. The molecule has 2 aromatic rings. The molecule has 0 fully saturated rings. The molecule has 1 aromatic heterocycles. The molecule has 2 heterocycles. The number of imidazole rings is 1. The maximum atomic E-state index is 12.7. The van der Waals surface area contributed by atoms with Crippen LogP contribution in [0.5, 0.6) is 0 Å². The highest BCUT2D eigenvalue weighted by Crippen LogP contribution is 2.27. The van der Waals surface area contributed by atoms with Crippen LogP contribution >= 0.6 is 0 Å². The lowest BCUT2D eigenvalue weighted by molar-refractivity contribution is -0.116. The van der Waals surface area contributed by atoms with Gasteiger partial charge in [0.25, 0.3) is 0 Å². The number of nitrogens with one attached hydrogen (secondary N) is 2. The van der Waals surface area contributed by atoms with Crippen molar-refractivity contribution in [3.05, 3.63) is 59.6 Å². The van der Waals surface area contributed by atoms with Crippen LogP contribution in [0, 0.1) is 12.8 Å². The van der Waals surface area contributed by atoms with Gasteiger partial charge in [-0.05, 0) is 55.7 Å². The summed E-state index contributed by atoms with van der Waals surface area (Å²) in [5.41, 5.74) is 11.2. The Kier molecular flexibility index (Phi) is 4.83. The van der Waals surface area contributed by atoms with E-state index >= 15 is 0 Å².